The summed E-state index contributed by atoms with van der Waals surface area (Å²) in [5.41, 5.74) is -1.26. The second-order valence-electron chi connectivity index (χ2n) is 7.37. The van der Waals surface area contributed by atoms with Gasteiger partial charge in [-0.2, -0.15) is 0 Å². The first-order valence-corrected chi connectivity index (χ1v) is 8.40. The Morgan fingerprint density at radius 3 is 2.32 bits per heavy atom. The summed E-state index contributed by atoms with van der Waals surface area (Å²) in [6.45, 7) is 11.2. The summed E-state index contributed by atoms with van der Waals surface area (Å²) in [5, 5.41) is 7.90. The highest BCUT2D eigenvalue weighted by Gasteiger charge is 2.33. The quantitative estimate of drug-likeness (QED) is 0.710. The van der Waals surface area contributed by atoms with Crippen molar-refractivity contribution in [2.24, 2.45) is 5.41 Å². The number of hydrogen-bond donors (Lipinski definition) is 0. The third-order valence-corrected chi connectivity index (χ3v) is 3.37. The lowest BCUT2D eigenvalue weighted by Crippen LogP contribution is -2.39. The van der Waals surface area contributed by atoms with Crippen molar-refractivity contribution < 1.29 is 19.1 Å². The van der Waals surface area contributed by atoms with E-state index in [0.717, 1.165) is 0 Å². The van der Waals surface area contributed by atoms with Crippen LogP contribution in [-0.2, 0) is 14.3 Å². The van der Waals surface area contributed by atoms with Crippen molar-refractivity contribution in [3.8, 4) is 0 Å². The van der Waals surface area contributed by atoms with Gasteiger partial charge in [-0.1, -0.05) is 11.6 Å². The number of halogens is 1. The van der Waals surface area contributed by atoms with Crippen molar-refractivity contribution >= 4 is 29.4 Å². The molecule has 140 valence electrons. The Bertz CT molecular complexity index is 641. The number of carbonyl (C=O) groups excluding carboxylic acids is 2. The molecule has 0 saturated heterocycles. The van der Waals surface area contributed by atoms with E-state index in [2.05, 4.69) is 10.2 Å². The van der Waals surface area contributed by atoms with E-state index in [1.807, 2.05) is 0 Å². The van der Waals surface area contributed by atoms with Gasteiger partial charge in [0.15, 0.2) is 11.0 Å². The van der Waals surface area contributed by atoms with Crippen molar-refractivity contribution in [2.45, 2.75) is 47.1 Å². The monoisotopic (exact) mass is 371 g/mol. The van der Waals surface area contributed by atoms with Gasteiger partial charge in [-0.15, -0.1) is 10.2 Å². The summed E-state index contributed by atoms with van der Waals surface area (Å²) in [7, 11) is 1.72. The lowest BCUT2D eigenvalue weighted by Gasteiger charge is -2.29. The molecule has 0 radical (unpaired) electrons. The number of rotatable bonds is 6. The van der Waals surface area contributed by atoms with E-state index in [1.165, 1.54) is 6.07 Å². The molecule has 0 saturated carbocycles. The maximum Gasteiger partial charge on any atom is 0.342 e. The van der Waals surface area contributed by atoms with Gasteiger partial charge in [-0.3, -0.25) is 4.79 Å². The Labute approximate surface area is 153 Å². The number of carbonyl (C=O) groups is 2. The number of hydrogen-bond acceptors (Lipinski definition) is 7. The first-order chi connectivity index (χ1) is 11.4. The molecule has 1 heterocycles. The van der Waals surface area contributed by atoms with Crippen LogP contribution in [0.5, 0.6) is 0 Å². The minimum absolute atomic E-state index is 0.0858. The molecule has 1 aromatic heterocycles. The van der Waals surface area contributed by atoms with Crippen LogP contribution in [0.2, 0.25) is 5.15 Å². The molecule has 0 aliphatic heterocycles. The third kappa shape index (κ3) is 6.16. The molecule has 0 fully saturated rings. The summed E-state index contributed by atoms with van der Waals surface area (Å²) in [4.78, 5) is 26.2. The molecule has 1 rings (SSSR count). The van der Waals surface area contributed by atoms with Gasteiger partial charge in [0.2, 0.25) is 0 Å². The van der Waals surface area contributed by atoms with E-state index >= 15 is 0 Å². The molecule has 0 N–H and O–H groups in total. The summed E-state index contributed by atoms with van der Waals surface area (Å²) in [5.74, 6) is -0.598. The van der Waals surface area contributed by atoms with Crippen LogP contribution in [0.25, 0.3) is 0 Å². The molecule has 0 aromatic carbocycles. The number of nitrogens with zero attached hydrogens (tertiary/aromatic N) is 3. The molecular weight excluding hydrogens is 346 g/mol. The fourth-order valence-electron chi connectivity index (χ4n) is 2.19. The van der Waals surface area contributed by atoms with Gasteiger partial charge < -0.3 is 14.4 Å². The molecule has 0 atom stereocenters. The van der Waals surface area contributed by atoms with Crippen LogP contribution in [0, 0.1) is 5.41 Å². The predicted molar refractivity (Wildman–Crippen MR) is 95.9 cm³/mol. The van der Waals surface area contributed by atoms with Crippen molar-refractivity contribution in [1.82, 2.24) is 10.2 Å². The van der Waals surface area contributed by atoms with Crippen LogP contribution in [0.15, 0.2) is 6.07 Å². The fourth-order valence-corrected chi connectivity index (χ4v) is 2.33. The average molecular weight is 372 g/mol. The van der Waals surface area contributed by atoms with Gasteiger partial charge in [0.1, 0.15) is 11.2 Å². The van der Waals surface area contributed by atoms with Crippen molar-refractivity contribution in [2.75, 3.05) is 25.1 Å². The number of esters is 2. The molecule has 8 heteroatoms. The van der Waals surface area contributed by atoms with Gasteiger partial charge in [-0.05, 0) is 47.6 Å². The van der Waals surface area contributed by atoms with Gasteiger partial charge in [0.25, 0.3) is 0 Å². The summed E-state index contributed by atoms with van der Waals surface area (Å²) < 4.78 is 10.5. The maximum atomic E-state index is 12.5. The highest BCUT2D eigenvalue weighted by Crippen LogP contribution is 2.26. The molecule has 0 spiro atoms. The largest absolute Gasteiger partial charge is 0.466 e. The van der Waals surface area contributed by atoms with Gasteiger partial charge >= 0.3 is 11.9 Å². The molecule has 0 aliphatic carbocycles. The number of ether oxygens (including phenoxy) is 2. The normalized spacial score (nSPS) is 11.8. The van der Waals surface area contributed by atoms with E-state index < -0.39 is 17.0 Å². The zero-order valence-corrected chi connectivity index (χ0v) is 16.6. The SMILES string of the molecule is CCOC(=O)C(C)(C)CN(C)c1nnc(Cl)cc1C(=O)OC(C)(C)C. The average Bonchev–Trinajstić information content (AvgIpc) is 2.44. The minimum Gasteiger partial charge on any atom is -0.466 e. The van der Waals surface area contributed by atoms with Crippen LogP contribution >= 0.6 is 11.6 Å². The molecular formula is C17H26ClN3O4. The van der Waals surface area contributed by atoms with Crippen molar-refractivity contribution in [3.05, 3.63) is 16.8 Å². The number of aromatic nitrogens is 2. The molecule has 0 unspecified atom stereocenters. The Hall–Kier alpha value is -1.89. The van der Waals surface area contributed by atoms with Crippen LogP contribution in [-0.4, -0.2) is 47.9 Å². The third-order valence-electron chi connectivity index (χ3n) is 3.19. The topological polar surface area (TPSA) is 81.6 Å². The zero-order chi connectivity index (χ0) is 19.4. The highest BCUT2D eigenvalue weighted by atomic mass is 35.5. The van der Waals surface area contributed by atoms with E-state index in [9.17, 15) is 9.59 Å². The molecule has 0 aliphatic rings. The first kappa shape index (κ1) is 21.2. The summed E-state index contributed by atoms with van der Waals surface area (Å²) >= 11 is 5.89. The van der Waals surface area contributed by atoms with Gasteiger partial charge in [0.05, 0.1) is 12.0 Å². The second kappa shape index (κ2) is 7.99. The van der Waals surface area contributed by atoms with Gasteiger partial charge in [-0.25, -0.2) is 4.79 Å². The van der Waals surface area contributed by atoms with Crippen LogP contribution in [0.4, 0.5) is 5.82 Å². The zero-order valence-electron chi connectivity index (χ0n) is 15.8. The smallest absolute Gasteiger partial charge is 0.342 e. The summed E-state index contributed by atoms with van der Waals surface area (Å²) in [6.07, 6.45) is 0. The van der Waals surface area contributed by atoms with E-state index in [4.69, 9.17) is 21.1 Å². The van der Waals surface area contributed by atoms with Crippen LogP contribution < -0.4 is 4.90 Å². The van der Waals surface area contributed by atoms with Crippen molar-refractivity contribution in [3.63, 3.8) is 0 Å². The van der Waals surface area contributed by atoms with E-state index in [0.29, 0.717) is 6.61 Å². The van der Waals surface area contributed by atoms with Gasteiger partial charge in [0, 0.05) is 13.6 Å². The highest BCUT2D eigenvalue weighted by molar-refractivity contribution is 6.29. The number of anilines is 1. The Morgan fingerprint density at radius 1 is 1.20 bits per heavy atom. The summed E-state index contributed by atoms with van der Waals surface area (Å²) in [6, 6.07) is 1.41. The lowest BCUT2D eigenvalue weighted by atomic mass is 9.93. The predicted octanol–water partition coefficient (Wildman–Crippen LogP) is 3.11. The van der Waals surface area contributed by atoms with Crippen LogP contribution in [0.1, 0.15) is 51.9 Å². The van der Waals surface area contributed by atoms with Crippen molar-refractivity contribution in [1.29, 1.82) is 0 Å². The minimum atomic E-state index is -0.794. The Balaban J connectivity index is 3.12. The molecule has 0 amide bonds. The second-order valence-corrected chi connectivity index (χ2v) is 7.75. The molecule has 25 heavy (non-hydrogen) atoms. The Morgan fingerprint density at radius 2 is 1.80 bits per heavy atom. The van der Waals surface area contributed by atoms with E-state index in [-0.39, 0.29) is 29.0 Å². The standard InChI is InChI=1S/C17H26ClN3O4/c1-8-24-15(23)17(5,6)10-21(7)13-11(9-12(18)19-20-13)14(22)25-16(2,3)4/h9H,8,10H2,1-7H3. The lowest BCUT2D eigenvalue weighted by molar-refractivity contribution is -0.152. The fraction of sp³-hybridized carbons (Fsp3) is 0.647. The first-order valence-electron chi connectivity index (χ1n) is 8.02. The van der Waals surface area contributed by atoms with E-state index in [1.54, 1.807) is 53.5 Å². The molecule has 7 nitrogen and oxygen atoms in total. The molecule has 1 aromatic rings. The van der Waals surface area contributed by atoms with Crippen LogP contribution in [0.3, 0.4) is 0 Å². The Kier molecular flexibility index (Phi) is 6.76. The molecule has 0 bridgehead atoms. The maximum absolute atomic E-state index is 12.5.